The Hall–Kier alpha value is -7.72. The Kier molecular flexibility index (Phi) is 7.77. The summed E-state index contributed by atoms with van der Waals surface area (Å²) < 4.78 is 18.3. The number of halogens is 1. The first-order valence-electron chi connectivity index (χ1n) is 17.7. The standard InChI is InChI=1S/C45H28FN9/c46-34-21-19-29(20-22-34)41-51-42(30-9-5-11-32(25-30)44-49-37-15-1-3-17-39(37)54(44)35-13-7-23-47-27-35)53-43(52-41)31-10-6-12-33(26-31)45-50-38-16-2-4-18-40(38)55(45)36-14-8-24-48-28-36/h1-28H. The molecule has 0 aliphatic rings. The van der Waals surface area contributed by atoms with Gasteiger partial charge in [-0.25, -0.2) is 29.3 Å². The Labute approximate surface area is 314 Å². The molecule has 10 aromatic rings. The van der Waals surface area contributed by atoms with Crippen LogP contribution < -0.4 is 0 Å². The zero-order valence-corrected chi connectivity index (χ0v) is 29.1. The summed E-state index contributed by atoms with van der Waals surface area (Å²) in [6, 6.07) is 46.1. The molecule has 55 heavy (non-hydrogen) atoms. The van der Waals surface area contributed by atoms with Crippen LogP contribution in [0.15, 0.2) is 170 Å². The lowest BCUT2D eigenvalue weighted by molar-refractivity contribution is 0.628. The minimum Gasteiger partial charge on any atom is -0.291 e. The largest absolute Gasteiger partial charge is 0.291 e. The number of nitrogens with zero attached hydrogens (tertiary/aromatic N) is 9. The van der Waals surface area contributed by atoms with E-state index in [-0.39, 0.29) is 5.82 Å². The van der Waals surface area contributed by atoms with E-state index in [9.17, 15) is 4.39 Å². The smallest absolute Gasteiger partial charge is 0.164 e. The molecule has 0 saturated carbocycles. The van der Waals surface area contributed by atoms with Gasteiger partial charge in [-0.1, -0.05) is 60.7 Å². The van der Waals surface area contributed by atoms with Gasteiger partial charge in [0.15, 0.2) is 17.5 Å². The Bertz CT molecular complexity index is 2820. The molecule has 0 unspecified atom stereocenters. The van der Waals surface area contributed by atoms with Crippen molar-refractivity contribution in [2.75, 3.05) is 0 Å². The molecule has 10 rings (SSSR count). The van der Waals surface area contributed by atoms with Crippen LogP contribution in [0.1, 0.15) is 0 Å². The molecule has 10 heteroatoms. The average molecular weight is 714 g/mol. The number of fused-ring (bicyclic) bond motifs is 2. The second-order valence-corrected chi connectivity index (χ2v) is 12.9. The van der Waals surface area contributed by atoms with Crippen LogP contribution in [0.5, 0.6) is 0 Å². The van der Waals surface area contributed by atoms with Gasteiger partial charge in [-0.2, -0.15) is 0 Å². The van der Waals surface area contributed by atoms with Gasteiger partial charge in [-0.3, -0.25) is 19.1 Å². The molecular weight excluding hydrogens is 686 g/mol. The molecule has 0 saturated heterocycles. The highest BCUT2D eigenvalue weighted by atomic mass is 19.1. The Morgan fingerprint density at radius 2 is 0.836 bits per heavy atom. The summed E-state index contributed by atoms with van der Waals surface area (Å²) in [6.07, 6.45) is 7.17. The van der Waals surface area contributed by atoms with E-state index >= 15 is 0 Å². The van der Waals surface area contributed by atoms with Gasteiger partial charge in [0.1, 0.15) is 17.5 Å². The molecule has 0 atom stereocenters. The molecular formula is C45H28FN9. The first-order valence-corrected chi connectivity index (χ1v) is 17.7. The maximum atomic E-state index is 14.1. The number of imidazole rings is 2. The number of hydrogen-bond acceptors (Lipinski definition) is 7. The molecule has 0 spiro atoms. The van der Waals surface area contributed by atoms with Crippen LogP contribution in [-0.2, 0) is 0 Å². The molecule has 0 aliphatic carbocycles. The Balaban J connectivity index is 1.13. The molecule has 0 aliphatic heterocycles. The summed E-state index contributed by atoms with van der Waals surface area (Å²) in [6.45, 7) is 0. The van der Waals surface area contributed by atoms with Crippen LogP contribution in [0.3, 0.4) is 0 Å². The van der Waals surface area contributed by atoms with Crippen molar-refractivity contribution in [1.29, 1.82) is 0 Å². The van der Waals surface area contributed by atoms with Crippen molar-refractivity contribution >= 4 is 22.1 Å². The first kappa shape index (κ1) is 32.0. The number of benzene rings is 5. The number of rotatable bonds is 7. The summed E-state index contributed by atoms with van der Waals surface area (Å²) in [5, 5.41) is 0. The highest BCUT2D eigenvalue weighted by molar-refractivity contribution is 5.85. The fourth-order valence-electron chi connectivity index (χ4n) is 6.89. The molecule has 5 aromatic heterocycles. The third-order valence-corrected chi connectivity index (χ3v) is 9.43. The molecule has 0 radical (unpaired) electrons. The third-order valence-electron chi connectivity index (χ3n) is 9.43. The minimum atomic E-state index is -0.341. The maximum Gasteiger partial charge on any atom is 0.164 e. The van der Waals surface area contributed by atoms with Crippen molar-refractivity contribution in [2.24, 2.45) is 0 Å². The van der Waals surface area contributed by atoms with Crippen molar-refractivity contribution in [3.8, 4) is 68.3 Å². The number of pyridine rings is 2. The lowest BCUT2D eigenvalue weighted by Gasteiger charge is -2.12. The van der Waals surface area contributed by atoms with E-state index in [4.69, 9.17) is 24.9 Å². The van der Waals surface area contributed by atoms with Crippen LogP contribution in [0.25, 0.3) is 90.4 Å². The van der Waals surface area contributed by atoms with E-state index in [1.165, 1.54) is 12.1 Å². The van der Waals surface area contributed by atoms with Gasteiger partial charge in [0, 0.05) is 40.2 Å². The third kappa shape index (κ3) is 5.87. The molecule has 0 fully saturated rings. The van der Waals surface area contributed by atoms with Crippen molar-refractivity contribution in [3.63, 3.8) is 0 Å². The quantitative estimate of drug-likeness (QED) is 0.162. The average Bonchev–Trinajstić information content (AvgIpc) is 3.84. The van der Waals surface area contributed by atoms with Gasteiger partial charge in [0.25, 0.3) is 0 Å². The maximum absolute atomic E-state index is 14.1. The zero-order chi connectivity index (χ0) is 36.7. The second-order valence-electron chi connectivity index (χ2n) is 12.9. The SMILES string of the molecule is Fc1ccc(-c2nc(-c3cccc(-c4nc5ccccc5n4-c4cccnc4)c3)nc(-c3cccc(-c4nc5ccccc5n4-c4cccnc4)c3)n2)cc1. The van der Waals surface area contributed by atoms with E-state index in [1.807, 2.05) is 122 Å². The lowest BCUT2D eigenvalue weighted by Crippen LogP contribution is -2.02. The summed E-state index contributed by atoms with van der Waals surface area (Å²) in [5.74, 6) is 2.51. The van der Waals surface area contributed by atoms with Crippen LogP contribution in [0.2, 0.25) is 0 Å². The van der Waals surface area contributed by atoms with Crippen LogP contribution in [0, 0.1) is 5.82 Å². The van der Waals surface area contributed by atoms with Crippen molar-refractivity contribution in [2.45, 2.75) is 0 Å². The summed E-state index contributed by atoms with van der Waals surface area (Å²) in [7, 11) is 0. The van der Waals surface area contributed by atoms with Crippen LogP contribution in [-0.4, -0.2) is 44.0 Å². The van der Waals surface area contributed by atoms with Crippen molar-refractivity contribution in [3.05, 3.63) is 176 Å². The predicted octanol–water partition coefficient (Wildman–Crippen LogP) is 9.81. The highest BCUT2D eigenvalue weighted by Gasteiger charge is 2.19. The fraction of sp³-hybridized carbons (Fsp3) is 0. The predicted molar refractivity (Wildman–Crippen MR) is 212 cm³/mol. The summed E-state index contributed by atoms with van der Waals surface area (Å²) in [4.78, 5) is 33.8. The monoisotopic (exact) mass is 713 g/mol. The van der Waals surface area contributed by atoms with Crippen LogP contribution in [0.4, 0.5) is 4.39 Å². The first-order chi connectivity index (χ1) is 27.2. The molecule has 5 aromatic carbocycles. The summed E-state index contributed by atoms with van der Waals surface area (Å²) in [5.41, 5.74) is 9.41. The van der Waals surface area contributed by atoms with Crippen molar-refractivity contribution < 1.29 is 4.39 Å². The molecule has 260 valence electrons. The van der Waals surface area contributed by atoms with E-state index in [0.29, 0.717) is 23.0 Å². The highest BCUT2D eigenvalue weighted by Crippen LogP contribution is 2.34. The molecule has 5 heterocycles. The van der Waals surface area contributed by atoms with E-state index in [2.05, 4.69) is 31.2 Å². The van der Waals surface area contributed by atoms with Gasteiger partial charge >= 0.3 is 0 Å². The topological polar surface area (TPSA) is 100 Å². The fourth-order valence-corrected chi connectivity index (χ4v) is 6.89. The molecule has 0 N–H and O–H groups in total. The van der Waals surface area contributed by atoms with Gasteiger partial charge in [-0.15, -0.1) is 0 Å². The number of para-hydroxylation sites is 4. The molecule has 9 nitrogen and oxygen atoms in total. The normalized spacial score (nSPS) is 11.4. The van der Waals surface area contributed by atoms with E-state index in [0.717, 1.165) is 67.3 Å². The van der Waals surface area contributed by atoms with E-state index < -0.39 is 0 Å². The van der Waals surface area contributed by atoms with Gasteiger partial charge < -0.3 is 0 Å². The van der Waals surface area contributed by atoms with Crippen LogP contribution >= 0.6 is 0 Å². The van der Waals surface area contributed by atoms with Crippen molar-refractivity contribution in [1.82, 2.24) is 44.0 Å². The Morgan fingerprint density at radius 1 is 0.382 bits per heavy atom. The second kappa shape index (κ2) is 13.4. The Morgan fingerprint density at radius 3 is 1.31 bits per heavy atom. The zero-order valence-electron chi connectivity index (χ0n) is 29.1. The summed E-state index contributed by atoms with van der Waals surface area (Å²) >= 11 is 0. The number of aromatic nitrogens is 9. The molecule has 0 bridgehead atoms. The van der Waals surface area contributed by atoms with Gasteiger partial charge in [0.2, 0.25) is 0 Å². The molecule has 0 amide bonds. The number of hydrogen-bond donors (Lipinski definition) is 0. The lowest BCUT2D eigenvalue weighted by atomic mass is 10.1. The van der Waals surface area contributed by atoms with E-state index in [1.54, 1.807) is 24.5 Å². The minimum absolute atomic E-state index is 0.341. The van der Waals surface area contributed by atoms with Gasteiger partial charge in [0.05, 0.1) is 45.8 Å². The van der Waals surface area contributed by atoms with Gasteiger partial charge in [-0.05, 0) is 84.9 Å².